The molecule has 1 atom stereocenters. The maximum Gasteiger partial charge on any atom is 0.305 e. The number of allylic oxidation sites excluding steroid dienone is 1. The van der Waals surface area contributed by atoms with E-state index in [1.807, 2.05) is 12.2 Å². The van der Waals surface area contributed by atoms with Gasteiger partial charge in [0.1, 0.15) is 0 Å². The van der Waals surface area contributed by atoms with Crippen LogP contribution in [0.3, 0.4) is 0 Å². The maximum absolute atomic E-state index is 10.2. The molecule has 1 aliphatic rings. The zero-order valence-electron chi connectivity index (χ0n) is 5.53. The number of carbonyl (C=O) groups is 1. The van der Waals surface area contributed by atoms with E-state index >= 15 is 0 Å². The van der Waals surface area contributed by atoms with Gasteiger partial charge in [0.2, 0.25) is 0 Å². The van der Waals surface area contributed by atoms with E-state index < -0.39 is 5.97 Å². The Morgan fingerprint density at radius 3 is 3.10 bits per heavy atom. The van der Waals surface area contributed by atoms with E-state index in [2.05, 4.69) is 4.99 Å². The predicted octanol–water partition coefficient (Wildman–Crippen LogP) is 0.860. The number of nitrogens with zero attached hydrogens (tertiary/aromatic N) is 1. The summed E-state index contributed by atoms with van der Waals surface area (Å²) in [6.45, 7) is 0. The summed E-state index contributed by atoms with van der Waals surface area (Å²) in [6.07, 6.45) is 6.31. The predicted molar refractivity (Wildman–Crippen MR) is 38.3 cm³/mol. The van der Waals surface area contributed by atoms with E-state index in [9.17, 15) is 4.79 Å². The zero-order chi connectivity index (χ0) is 7.40. The molecule has 0 spiro atoms. The molecule has 3 heteroatoms. The van der Waals surface area contributed by atoms with Gasteiger partial charge in [0.25, 0.3) is 0 Å². The highest BCUT2D eigenvalue weighted by atomic mass is 16.4. The van der Waals surface area contributed by atoms with Crippen LogP contribution in [0.1, 0.15) is 12.8 Å². The highest BCUT2D eigenvalue weighted by molar-refractivity contribution is 5.73. The number of hydrogen-bond donors (Lipinski definition) is 1. The SMILES string of the molecule is O=C(O)CC1CC=CC=N1. The average molecular weight is 139 g/mol. The minimum Gasteiger partial charge on any atom is -0.481 e. The largest absolute Gasteiger partial charge is 0.481 e. The second-order valence-corrected chi connectivity index (χ2v) is 2.21. The van der Waals surface area contributed by atoms with Crippen molar-refractivity contribution in [1.29, 1.82) is 0 Å². The van der Waals surface area contributed by atoms with Crippen molar-refractivity contribution in [2.75, 3.05) is 0 Å². The van der Waals surface area contributed by atoms with Crippen LogP contribution in [0, 0.1) is 0 Å². The number of aliphatic imine (C=N–C) groups is 1. The lowest BCUT2D eigenvalue weighted by Crippen LogP contribution is -2.11. The van der Waals surface area contributed by atoms with Crippen LogP contribution in [0.15, 0.2) is 17.1 Å². The van der Waals surface area contributed by atoms with Crippen LogP contribution >= 0.6 is 0 Å². The second kappa shape index (κ2) is 3.15. The Hall–Kier alpha value is -1.12. The van der Waals surface area contributed by atoms with Crippen molar-refractivity contribution in [3.63, 3.8) is 0 Å². The number of rotatable bonds is 2. The van der Waals surface area contributed by atoms with Crippen LogP contribution in [0.2, 0.25) is 0 Å². The Kier molecular flexibility index (Phi) is 2.20. The van der Waals surface area contributed by atoms with Crippen LogP contribution in [0.25, 0.3) is 0 Å². The lowest BCUT2D eigenvalue weighted by atomic mass is 10.1. The summed E-state index contributed by atoms with van der Waals surface area (Å²) in [4.78, 5) is 14.1. The van der Waals surface area contributed by atoms with Crippen LogP contribution in [-0.4, -0.2) is 23.3 Å². The topological polar surface area (TPSA) is 49.7 Å². The van der Waals surface area contributed by atoms with Gasteiger partial charge in [-0.15, -0.1) is 0 Å². The summed E-state index contributed by atoms with van der Waals surface area (Å²) in [5.41, 5.74) is 0. The highest BCUT2D eigenvalue weighted by Gasteiger charge is 2.09. The monoisotopic (exact) mass is 139 g/mol. The molecule has 1 aliphatic heterocycles. The molecule has 1 unspecified atom stereocenters. The smallest absolute Gasteiger partial charge is 0.305 e. The van der Waals surface area contributed by atoms with Crippen molar-refractivity contribution in [1.82, 2.24) is 0 Å². The summed E-state index contributed by atoms with van der Waals surface area (Å²) >= 11 is 0. The van der Waals surface area contributed by atoms with Gasteiger partial charge in [-0.05, 0) is 12.5 Å². The number of aliphatic carboxylic acids is 1. The van der Waals surface area contributed by atoms with Gasteiger partial charge in [-0.25, -0.2) is 0 Å². The number of hydrogen-bond acceptors (Lipinski definition) is 2. The van der Waals surface area contributed by atoms with Gasteiger partial charge in [0.05, 0.1) is 12.5 Å². The molecular formula is C7H9NO2. The first-order valence-electron chi connectivity index (χ1n) is 3.19. The molecule has 0 saturated heterocycles. The summed E-state index contributed by atoms with van der Waals surface area (Å²) in [7, 11) is 0. The van der Waals surface area contributed by atoms with Gasteiger partial charge >= 0.3 is 5.97 Å². The van der Waals surface area contributed by atoms with Crippen molar-refractivity contribution in [3.8, 4) is 0 Å². The van der Waals surface area contributed by atoms with Crippen molar-refractivity contribution in [3.05, 3.63) is 12.2 Å². The first-order valence-corrected chi connectivity index (χ1v) is 3.19. The van der Waals surface area contributed by atoms with E-state index in [1.54, 1.807) is 6.21 Å². The molecule has 54 valence electrons. The molecule has 0 saturated carbocycles. The van der Waals surface area contributed by atoms with Crippen molar-refractivity contribution in [2.24, 2.45) is 4.99 Å². The van der Waals surface area contributed by atoms with E-state index in [0.29, 0.717) is 0 Å². The standard InChI is InChI=1S/C7H9NO2/c9-7(10)5-6-3-1-2-4-8-6/h1-2,4,6H,3,5H2,(H,9,10). The normalized spacial score (nSPS) is 23.0. The van der Waals surface area contributed by atoms with Crippen LogP contribution in [0.5, 0.6) is 0 Å². The first kappa shape index (κ1) is 6.99. The summed E-state index contributed by atoms with van der Waals surface area (Å²) < 4.78 is 0. The Labute approximate surface area is 59.1 Å². The molecule has 0 aromatic carbocycles. The summed E-state index contributed by atoms with van der Waals surface area (Å²) in [6, 6.07) is -0.0394. The lowest BCUT2D eigenvalue weighted by Gasteiger charge is -2.07. The summed E-state index contributed by atoms with van der Waals surface area (Å²) in [5, 5.41) is 8.37. The molecule has 1 heterocycles. The molecule has 0 fully saturated rings. The lowest BCUT2D eigenvalue weighted by molar-refractivity contribution is -0.137. The molecule has 1 rings (SSSR count). The molecular weight excluding hydrogens is 130 g/mol. The minimum atomic E-state index is -0.780. The van der Waals surface area contributed by atoms with Gasteiger partial charge in [0, 0.05) is 6.21 Å². The van der Waals surface area contributed by atoms with Crippen molar-refractivity contribution in [2.45, 2.75) is 18.9 Å². The van der Waals surface area contributed by atoms with Crippen LogP contribution in [-0.2, 0) is 4.79 Å². The molecule has 3 nitrogen and oxygen atoms in total. The third-order valence-electron chi connectivity index (χ3n) is 1.34. The number of carboxylic acid groups (broad SMARTS) is 1. The fourth-order valence-corrected chi connectivity index (χ4v) is 0.866. The maximum atomic E-state index is 10.2. The molecule has 10 heavy (non-hydrogen) atoms. The zero-order valence-corrected chi connectivity index (χ0v) is 5.53. The Bertz CT molecular complexity index is 184. The summed E-state index contributed by atoms with van der Waals surface area (Å²) in [5.74, 6) is -0.780. The van der Waals surface area contributed by atoms with Crippen LogP contribution in [0.4, 0.5) is 0 Å². The molecule has 0 aromatic rings. The van der Waals surface area contributed by atoms with Crippen molar-refractivity contribution >= 4 is 12.2 Å². The fourth-order valence-electron chi connectivity index (χ4n) is 0.866. The first-order chi connectivity index (χ1) is 4.79. The second-order valence-electron chi connectivity index (χ2n) is 2.21. The molecule has 0 aliphatic carbocycles. The third kappa shape index (κ3) is 2.01. The molecule has 1 N–H and O–H groups in total. The van der Waals surface area contributed by atoms with Crippen LogP contribution < -0.4 is 0 Å². The van der Waals surface area contributed by atoms with Gasteiger partial charge < -0.3 is 5.11 Å². The van der Waals surface area contributed by atoms with E-state index in [1.165, 1.54) is 0 Å². The molecule has 0 bridgehead atoms. The Morgan fingerprint density at radius 1 is 1.80 bits per heavy atom. The Morgan fingerprint density at radius 2 is 2.60 bits per heavy atom. The van der Waals surface area contributed by atoms with E-state index in [4.69, 9.17) is 5.11 Å². The Balaban J connectivity index is 2.37. The van der Waals surface area contributed by atoms with Gasteiger partial charge in [0.15, 0.2) is 0 Å². The van der Waals surface area contributed by atoms with Crippen molar-refractivity contribution < 1.29 is 9.90 Å². The van der Waals surface area contributed by atoms with Gasteiger partial charge in [-0.1, -0.05) is 6.08 Å². The van der Waals surface area contributed by atoms with Gasteiger partial charge in [-0.3, -0.25) is 9.79 Å². The molecule has 0 radical (unpaired) electrons. The minimum absolute atomic E-state index is 0.0394. The molecule has 0 amide bonds. The third-order valence-corrected chi connectivity index (χ3v) is 1.34. The molecule has 0 aromatic heterocycles. The quantitative estimate of drug-likeness (QED) is 0.616. The van der Waals surface area contributed by atoms with Gasteiger partial charge in [-0.2, -0.15) is 0 Å². The number of dihydropyridines is 1. The van der Waals surface area contributed by atoms with E-state index in [-0.39, 0.29) is 12.5 Å². The van der Waals surface area contributed by atoms with E-state index in [0.717, 1.165) is 6.42 Å². The average Bonchev–Trinajstić information content (AvgIpc) is 1.88. The fraction of sp³-hybridized carbons (Fsp3) is 0.429. The highest BCUT2D eigenvalue weighted by Crippen LogP contribution is 2.07. The number of carboxylic acids is 1.